The van der Waals surface area contributed by atoms with Crippen LogP contribution in [0.3, 0.4) is 0 Å². The largest absolute Gasteiger partial charge is 0.480 e. The van der Waals surface area contributed by atoms with E-state index in [4.69, 9.17) is 4.42 Å². The van der Waals surface area contributed by atoms with Crippen molar-refractivity contribution in [2.75, 3.05) is 19.0 Å². The van der Waals surface area contributed by atoms with Crippen molar-refractivity contribution in [1.29, 1.82) is 0 Å². The van der Waals surface area contributed by atoms with Crippen LogP contribution in [0.1, 0.15) is 25.6 Å². The average molecular weight is 329 g/mol. The molecule has 24 heavy (non-hydrogen) atoms. The molecule has 0 aliphatic carbocycles. The number of anilines is 1. The molecule has 0 atom stereocenters. The zero-order chi connectivity index (χ0) is 17.4. The Morgan fingerprint density at radius 1 is 1.33 bits per heavy atom. The van der Waals surface area contributed by atoms with E-state index in [2.05, 4.69) is 15.0 Å². The minimum Gasteiger partial charge on any atom is -0.480 e. The zero-order valence-electron chi connectivity index (χ0n) is 14.0. The van der Waals surface area contributed by atoms with E-state index in [1.807, 2.05) is 27.9 Å². The van der Waals surface area contributed by atoms with Gasteiger partial charge in [0.15, 0.2) is 11.4 Å². The number of aliphatic carboxylic acids is 1. The molecule has 3 aromatic rings. The molecule has 0 saturated carbocycles. The molecular formula is C16H19N5O3. The summed E-state index contributed by atoms with van der Waals surface area (Å²) in [6, 6.07) is 3.57. The van der Waals surface area contributed by atoms with Gasteiger partial charge in [-0.05, 0) is 12.1 Å². The number of fused-ring (bicyclic) bond motifs is 1. The zero-order valence-corrected chi connectivity index (χ0v) is 14.0. The SMILES string of the molecule is CC(C)c1nc2c(-c3ccco3)nc(N(C)C)nc2n1CC(=O)O. The second-order valence-electron chi connectivity index (χ2n) is 6.02. The maximum Gasteiger partial charge on any atom is 0.323 e. The number of aromatic nitrogens is 4. The molecule has 8 heteroatoms. The first-order chi connectivity index (χ1) is 11.4. The summed E-state index contributed by atoms with van der Waals surface area (Å²) in [6.07, 6.45) is 1.57. The highest BCUT2D eigenvalue weighted by Gasteiger charge is 2.23. The van der Waals surface area contributed by atoms with Crippen LogP contribution in [0, 0.1) is 0 Å². The van der Waals surface area contributed by atoms with E-state index in [0.29, 0.717) is 34.4 Å². The summed E-state index contributed by atoms with van der Waals surface area (Å²) in [5, 5.41) is 9.26. The molecule has 0 fully saturated rings. The van der Waals surface area contributed by atoms with Gasteiger partial charge in [-0.15, -0.1) is 0 Å². The summed E-state index contributed by atoms with van der Waals surface area (Å²) in [5.41, 5.74) is 1.59. The first-order valence-corrected chi connectivity index (χ1v) is 7.59. The number of furan rings is 1. The highest BCUT2D eigenvalue weighted by atomic mass is 16.4. The summed E-state index contributed by atoms with van der Waals surface area (Å²) in [5.74, 6) is 0.800. The van der Waals surface area contributed by atoms with Crippen LogP contribution in [0.4, 0.5) is 5.95 Å². The van der Waals surface area contributed by atoms with Crippen molar-refractivity contribution in [2.45, 2.75) is 26.3 Å². The van der Waals surface area contributed by atoms with E-state index < -0.39 is 5.97 Å². The van der Waals surface area contributed by atoms with Crippen LogP contribution in [0.5, 0.6) is 0 Å². The van der Waals surface area contributed by atoms with Crippen molar-refractivity contribution in [3.63, 3.8) is 0 Å². The molecule has 0 spiro atoms. The van der Waals surface area contributed by atoms with Crippen molar-refractivity contribution in [3.05, 3.63) is 24.2 Å². The second kappa shape index (κ2) is 5.95. The third-order valence-corrected chi connectivity index (χ3v) is 3.58. The fourth-order valence-corrected chi connectivity index (χ4v) is 2.52. The Balaban J connectivity index is 2.36. The van der Waals surface area contributed by atoms with Gasteiger partial charge in [0.1, 0.15) is 23.6 Å². The summed E-state index contributed by atoms with van der Waals surface area (Å²) in [6.45, 7) is 3.73. The molecule has 0 aliphatic rings. The Hall–Kier alpha value is -2.90. The quantitative estimate of drug-likeness (QED) is 0.767. The molecule has 0 amide bonds. The summed E-state index contributed by atoms with van der Waals surface area (Å²) >= 11 is 0. The average Bonchev–Trinajstić information content (AvgIpc) is 3.14. The lowest BCUT2D eigenvalue weighted by atomic mass is 10.2. The fourth-order valence-electron chi connectivity index (χ4n) is 2.52. The maximum atomic E-state index is 11.3. The van der Waals surface area contributed by atoms with Crippen LogP contribution in [0.25, 0.3) is 22.6 Å². The molecule has 0 radical (unpaired) electrons. The normalized spacial score (nSPS) is 11.4. The van der Waals surface area contributed by atoms with Crippen molar-refractivity contribution < 1.29 is 14.3 Å². The highest BCUT2D eigenvalue weighted by molar-refractivity contribution is 5.88. The molecule has 126 valence electrons. The molecule has 3 heterocycles. The number of carbonyl (C=O) groups is 1. The molecule has 8 nitrogen and oxygen atoms in total. The molecule has 0 aliphatic heterocycles. The summed E-state index contributed by atoms with van der Waals surface area (Å²) in [4.78, 5) is 26.7. The third kappa shape index (κ3) is 2.70. The lowest BCUT2D eigenvalue weighted by Gasteiger charge is -2.12. The van der Waals surface area contributed by atoms with E-state index in [0.717, 1.165) is 0 Å². The number of rotatable bonds is 5. The molecule has 3 rings (SSSR count). The van der Waals surface area contributed by atoms with Crippen LogP contribution >= 0.6 is 0 Å². The van der Waals surface area contributed by atoms with Crippen LogP contribution in [0.2, 0.25) is 0 Å². The minimum atomic E-state index is -0.944. The van der Waals surface area contributed by atoms with Crippen LogP contribution < -0.4 is 4.90 Å². The fraction of sp³-hybridized carbons (Fsp3) is 0.375. The van der Waals surface area contributed by atoms with Crippen molar-refractivity contribution in [3.8, 4) is 11.5 Å². The first kappa shape index (κ1) is 16.0. The Bertz CT molecular complexity index is 881. The molecule has 0 unspecified atom stereocenters. The molecule has 0 bridgehead atoms. The molecule has 0 aromatic carbocycles. The van der Waals surface area contributed by atoms with Crippen LogP contribution in [-0.4, -0.2) is 44.7 Å². The van der Waals surface area contributed by atoms with E-state index in [9.17, 15) is 9.90 Å². The van der Waals surface area contributed by atoms with E-state index in [1.165, 1.54) is 0 Å². The lowest BCUT2D eigenvalue weighted by molar-refractivity contribution is -0.137. The predicted molar refractivity (Wildman–Crippen MR) is 89.1 cm³/mol. The van der Waals surface area contributed by atoms with Gasteiger partial charge in [0.05, 0.1) is 6.26 Å². The van der Waals surface area contributed by atoms with Gasteiger partial charge in [0, 0.05) is 20.0 Å². The highest BCUT2D eigenvalue weighted by Crippen LogP contribution is 2.30. The van der Waals surface area contributed by atoms with Gasteiger partial charge in [-0.3, -0.25) is 4.79 Å². The van der Waals surface area contributed by atoms with Gasteiger partial charge < -0.3 is 19.0 Å². The Kier molecular flexibility index (Phi) is 3.96. The Morgan fingerprint density at radius 3 is 2.62 bits per heavy atom. The van der Waals surface area contributed by atoms with E-state index >= 15 is 0 Å². The Labute approximate surface area is 138 Å². The standard InChI is InChI=1S/C16H19N5O3/c1-9(2)14-17-13-12(10-6-5-7-24-10)18-16(20(3)4)19-15(13)21(14)8-11(22)23/h5-7,9H,8H2,1-4H3,(H,22,23). The van der Waals surface area contributed by atoms with Gasteiger partial charge >= 0.3 is 5.97 Å². The van der Waals surface area contributed by atoms with E-state index in [-0.39, 0.29) is 12.5 Å². The number of imidazole rings is 1. The second-order valence-corrected chi connectivity index (χ2v) is 6.02. The minimum absolute atomic E-state index is 0.0470. The van der Waals surface area contributed by atoms with Gasteiger partial charge in [0.25, 0.3) is 0 Å². The van der Waals surface area contributed by atoms with Crippen LogP contribution in [0.15, 0.2) is 22.8 Å². The van der Waals surface area contributed by atoms with E-state index in [1.54, 1.807) is 27.9 Å². The monoisotopic (exact) mass is 329 g/mol. The van der Waals surface area contributed by atoms with Gasteiger partial charge in [-0.25, -0.2) is 9.97 Å². The van der Waals surface area contributed by atoms with Gasteiger partial charge in [-0.1, -0.05) is 13.8 Å². The smallest absolute Gasteiger partial charge is 0.323 e. The van der Waals surface area contributed by atoms with Gasteiger partial charge in [-0.2, -0.15) is 4.98 Å². The number of carboxylic acids is 1. The van der Waals surface area contributed by atoms with Gasteiger partial charge in [0.2, 0.25) is 5.95 Å². The number of hydrogen-bond acceptors (Lipinski definition) is 6. The summed E-state index contributed by atoms with van der Waals surface area (Å²) < 4.78 is 7.11. The lowest BCUT2D eigenvalue weighted by Crippen LogP contribution is -2.16. The number of carboxylic acid groups (broad SMARTS) is 1. The number of nitrogens with zero attached hydrogens (tertiary/aromatic N) is 5. The summed E-state index contributed by atoms with van der Waals surface area (Å²) in [7, 11) is 3.66. The Morgan fingerprint density at radius 2 is 2.08 bits per heavy atom. The van der Waals surface area contributed by atoms with Crippen molar-refractivity contribution >= 4 is 23.1 Å². The van der Waals surface area contributed by atoms with Crippen molar-refractivity contribution in [1.82, 2.24) is 19.5 Å². The molecular weight excluding hydrogens is 310 g/mol. The first-order valence-electron chi connectivity index (χ1n) is 7.59. The van der Waals surface area contributed by atoms with Crippen LogP contribution in [-0.2, 0) is 11.3 Å². The molecule has 0 saturated heterocycles. The molecule has 3 aromatic heterocycles. The predicted octanol–water partition coefficient (Wildman–Crippen LogP) is 2.36. The number of hydrogen-bond donors (Lipinski definition) is 1. The third-order valence-electron chi connectivity index (χ3n) is 3.58. The molecule has 1 N–H and O–H groups in total. The maximum absolute atomic E-state index is 11.3. The van der Waals surface area contributed by atoms with Crippen molar-refractivity contribution in [2.24, 2.45) is 0 Å². The topological polar surface area (TPSA) is 97.3 Å².